The summed E-state index contributed by atoms with van der Waals surface area (Å²) in [5.74, 6) is 0. The van der Waals surface area contributed by atoms with Gasteiger partial charge in [-0.3, -0.25) is 4.98 Å². The van der Waals surface area contributed by atoms with E-state index in [1.165, 1.54) is 12.8 Å². The van der Waals surface area contributed by atoms with Crippen molar-refractivity contribution in [2.24, 2.45) is 11.1 Å². The summed E-state index contributed by atoms with van der Waals surface area (Å²) in [5, 5.41) is 3.37. The molecule has 1 aliphatic carbocycles. The summed E-state index contributed by atoms with van der Waals surface area (Å²) in [4.78, 5) is 4.09. The van der Waals surface area contributed by atoms with Crippen molar-refractivity contribution in [2.75, 3.05) is 18.4 Å². The number of hydrogen-bond donors (Lipinski definition) is 2. The standard InChI is InChI=1S/C10H14BrN3/c11-8-3-9(5-13-4-8)14-7-10(6-12)1-2-10/h3-5,14H,1-2,6-7,12H2. The quantitative estimate of drug-likeness (QED) is 0.866. The molecule has 0 bridgehead atoms. The first-order valence-electron chi connectivity index (χ1n) is 4.79. The number of hydrogen-bond acceptors (Lipinski definition) is 3. The lowest BCUT2D eigenvalue weighted by molar-refractivity contribution is 0.556. The lowest BCUT2D eigenvalue weighted by Crippen LogP contribution is -2.24. The Labute approximate surface area is 92.2 Å². The summed E-state index contributed by atoms with van der Waals surface area (Å²) in [6.07, 6.45) is 6.11. The molecule has 14 heavy (non-hydrogen) atoms. The molecule has 0 atom stereocenters. The van der Waals surface area contributed by atoms with Crippen molar-refractivity contribution in [1.29, 1.82) is 0 Å². The maximum absolute atomic E-state index is 5.70. The number of nitrogens with zero attached hydrogens (tertiary/aromatic N) is 1. The molecule has 1 aromatic rings. The molecule has 1 aliphatic rings. The Morgan fingerprint density at radius 2 is 2.29 bits per heavy atom. The van der Waals surface area contributed by atoms with Crippen LogP contribution in [0.5, 0.6) is 0 Å². The average Bonchev–Trinajstić information content (AvgIpc) is 2.96. The lowest BCUT2D eigenvalue weighted by atomic mass is 10.1. The maximum Gasteiger partial charge on any atom is 0.0538 e. The van der Waals surface area contributed by atoms with Crippen LogP contribution in [0.3, 0.4) is 0 Å². The summed E-state index contributed by atoms with van der Waals surface area (Å²) in [6, 6.07) is 2.03. The third-order valence-corrected chi connectivity index (χ3v) is 3.20. The average molecular weight is 256 g/mol. The molecule has 3 N–H and O–H groups in total. The monoisotopic (exact) mass is 255 g/mol. The molecule has 1 saturated carbocycles. The summed E-state index contributed by atoms with van der Waals surface area (Å²) in [5.41, 5.74) is 7.12. The SMILES string of the molecule is NCC1(CNc2cncc(Br)c2)CC1. The smallest absolute Gasteiger partial charge is 0.0538 e. The molecule has 0 aliphatic heterocycles. The van der Waals surface area contributed by atoms with Gasteiger partial charge >= 0.3 is 0 Å². The molecule has 1 fully saturated rings. The Morgan fingerprint density at radius 1 is 1.50 bits per heavy atom. The van der Waals surface area contributed by atoms with Crippen LogP contribution in [0.15, 0.2) is 22.9 Å². The van der Waals surface area contributed by atoms with Crippen LogP contribution in [0.4, 0.5) is 5.69 Å². The summed E-state index contributed by atoms with van der Waals surface area (Å²) < 4.78 is 1.00. The van der Waals surface area contributed by atoms with Gasteiger partial charge < -0.3 is 11.1 Å². The molecule has 76 valence electrons. The second-order valence-electron chi connectivity index (χ2n) is 3.95. The van der Waals surface area contributed by atoms with Gasteiger partial charge in [-0.1, -0.05) is 0 Å². The van der Waals surface area contributed by atoms with Crippen molar-refractivity contribution in [1.82, 2.24) is 4.98 Å². The Morgan fingerprint density at radius 3 is 2.86 bits per heavy atom. The fraction of sp³-hybridized carbons (Fsp3) is 0.500. The van der Waals surface area contributed by atoms with Crippen molar-refractivity contribution in [3.63, 3.8) is 0 Å². The minimum atomic E-state index is 0.363. The van der Waals surface area contributed by atoms with Crippen LogP contribution >= 0.6 is 15.9 Å². The second-order valence-corrected chi connectivity index (χ2v) is 4.87. The van der Waals surface area contributed by atoms with Crippen LogP contribution in [-0.2, 0) is 0 Å². The van der Waals surface area contributed by atoms with Gasteiger partial charge in [-0.15, -0.1) is 0 Å². The molecule has 0 radical (unpaired) electrons. The Kier molecular flexibility index (Phi) is 2.74. The minimum Gasteiger partial charge on any atom is -0.383 e. The zero-order chi connectivity index (χ0) is 10.0. The van der Waals surface area contributed by atoms with Crippen molar-refractivity contribution < 1.29 is 0 Å². The third-order valence-electron chi connectivity index (χ3n) is 2.76. The number of nitrogens with one attached hydrogen (secondary N) is 1. The summed E-state index contributed by atoms with van der Waals surface area (Å²) in [7, 11) is 0. The van der Waals surface area contributed by atoms with Gasteiger partial charge in [0.05, 0.1) is 11.9 Å². The molecule has 0 aromatic carbocycles. The zero-order valence-corrected chi connectivity index (χ0v) is 9.55. The van der Waals surface area contributed by atoms with Crippen molar-refractivity contribution in [3.05, 3.63) is 22.9 Å². The Hall–Kier alpha value is -0.610. The van der Waals surface area contributed by atoms with Crippen molar-refractivity contribution in [3.8, 4) is 0 Å². The van der Waals surface area contributed by atoms with Gasteiger partial charge in [0.15, 0.2) is 0 Å². The van der Waals surface area contributed by atoms with E-state index in [1.807, 2.05) is 12.3 Å². The van der Waals surface area contributed by atoms with Crippen molar-refractivity contribution >= 4 is 21.6 Å². The first-order valence-corrected chi connectivity index (χ1v) is 5.58. The number of nitrogens with two attached hydrogens (primary N) is 1. The normalized spacial score (nSPS) is 17.9. The van der Waals surface area contributed by atoms with Crippen LogP contribution in [0.1, 0.15) is 12.8 Å². The number of rotatable bonds is 4. The van der Waals surface area contributed by atoms with E-state index in [-0.39, 0.29) is 0 Å². The van der Waals surface area contributed by atoms with E-state index in [9.17, 15) is 0 Å². The van der Waals surface area contributed by atoms with Crippen LogP contribution < -0.4 is 11.1 Å². The molecule has 0 amide bonds. The summed E-state index contributed by atoms with van der Waals surface area (Å²) >= 11 is 3.39. The molecule has 1 heterocycles. The van der Waals surface area contributed by atoms with E-state index < -0.39 is 0 Å². The highest BCUT2D eigenvalue weighted by atomic mass is 79.9. The van der Waals surface area contributed by atoms with Gasteiger partial charge in [-0.05, 0) is 46.8 Å². The topological polar surface area (TPSA) is 50.9 Å². The number of halogens is 1. The van der Waals surface area contributed by atoms with Crippen LogP contribution in [0.2, 0.25) is 0 Å². The molecule has 0 unspecified atom stereocenters. The second kappa shape index (κ2) is 3.87. The predicted octanol–water partition coefficient (Wildman–Crippen LogP) is 1.99. The highest BCUT2D eigenvalue weighted by Gasteiger charge is 2.40. The minimum absolute atomic E-state index is 0.363. The van der Waals surface area contributed by atoms with E-state index in [2.05, 4.69) is 26.2 Å². The lowest BCUT2D eigenvalue weighted by Gasteiger charge is -2.13. The number of anilines is 1. The van der Waals surface area contributed by atoms with Gasteiger partial charge in [0.1, 0.15) is 0 Å². The van der Waals surface area contributed by atoms with Gasteiger partial charge in [-0.25, -0.2) is 0 Å². The predicted molar refractivity (Wildman–Crippen MR) is 61.1 cm³/mol. The number of pyridine rings is 1. The highest BCUT2D eigenvalue weighted by molar-refractivity contribution is 9.10. The van der Waals surface area contributed by atoms with Crippen LogP contribution in [0.25, 0.3) is 0 Å². The zero-order valence-electron chi connectivity index (χ0n) is 7.96. The largest absolute Gasteiger partial charge is 0.383 e. The van der Waals surface area contributed by atoms with Crippen molar-refractivity contribution in [2.45, 2.75) is 12.8 Å². The molecule has 0 spiro atoms. The van der Waals surface area contributed by atoms with Gasteiger partial charge in [0, 0.05) is 17.2 Å². The molecule has 3 nitrogen and oxygen atoms in total. The van der Waals surface area contributed by atoms with E-state index in [1.54, 1.807) is 6.20 Å². The molecular formula is C10H14BrN3. The van der Waals surface area contributed by atoms with Gasteiger partial charge in [-0.2, -0.15) is 0 Å². The van der Waals surface area contributed by atoms with E-state index in [0.29, 0.717) is 5.41 Å². The van der Waals surface area contributed by atoms with Gasteiger partial charge in [0.2, 0.25) is 0 Å². The molecular weight excluding hydrogens is 242 g/mol. The Bertz CT molecular complexity index is 323. The third kappa shape index (κ3) is 2.25. The molecule has 1 aromatic heterocycles. The first kappa shape index (κ1) is 9.93. The Balaban J connectivity index is 1.92. The van der Waals surface area contributed by atoms with E-state index in [4.69, 9.17) is 5.73 Å². The fourth-order valence-corrected chi connectivity index (χ4v) is 1.79. The van der Waals surface area contributed by atoms with E-state index >= 15 is 0 Å². The first-order chi connectivity index (χ1) is 6.74. The number of aromatic nitrogens is 1. The van der Waals surface area contributed by atoms with Crippen LogP contribution in [-0.4, -0.2) is 18.1 Å². The molecule has 0 saturated heterocycles. The van der Waals surface area contributed by atoms with Crippen LogP contribution in [0, 0.1) is 5.41 Å². The summed E-state index contributed by atoms with van der Waals surface area (Å²) in [6.45, 7) is 1.74. The maximum atomic E-state index is 5.70. The van der Waals surface area contributed by atoms with Gasteiger partial charge in [0.25, 0.3) is 0 Å². The highest BCUT2D eigenvalue weighted by Crippen LogP contribution is 2.44. The van der Waals surface area contributed by atoms with E-state index in [0.717, 1.165) is 23.2 Å². The fourth-order valence-electron chi connectivity index (χ4n) is 1.43. The molecule has 2 rings (SSSR count). The molecule has 4 heteroatoms.